The van der Waals surface area contributed by atoms with Gasteiger partial charge in [0.15, 0.2) is 0 Å². The van der Waals surface area contributed by atoms with Gasteiger partial charge in [0.05, 0.1) is 11.4 Å². The number of para-hydroxylation sites is 8. The molecule has 0 saturated heterocycles. The Bertz CT molecular complexity index is 4440. The van der Waals surface area contributed by atoms with Crippen molar-refractivity contribution >= 4 is 149 Å². The number of rotatable bonds is 10. The lowest BCUT2D eigenvalue weighted by Crippen LogP contribution is -2.65. The molecular weight excluding hydrogens is 1070 g/mol. The van der Waals surface area contributed by atoms with Crippen molar-refractivity contribution < 1.29 is 0 Å². The molecule has 4 aliphatic rings. The summed E-state index contributed by atoms with van der Waals surface area (Å²) in [6.45, 7) is 4.10. The second-order valence-corrected chi connectivity index (χ2v) is 23.5. The van der Waals surface area contributed by atoms with E-state index in [0.717, 1.165) is 91.0 Å². The Kier molecular flexibility index (Phi) is 12.1. The van der Waals surface area contributed by atoms with Gasteiger partial charge in [0.2, 0.25) is 0 Å². The lowest BCUT2D eigenvalue weighted by Gasteiger charge is -2.48. The molecule has 13 aromatic rings. The van der Waals surface area contributed by atoms with Crippen molar-refractivity contribution in [2.75, 3.05) is 29.4 Å². The number of benzene rings is 13. The van der Waals surface area contributed by atoms with Crippen LogP contribution in [0, 0.1) is 13.8 Å². The molecule has 0 spiro atoms. The highest BCUT2D eigenvalue weighted by molar-refractivity contribution is 7.03. The van der Waals surface area contributed by atoms with E-state index in [4.69, 9.17) is 0 Å². The number of fused-ring (bicyclic) bond motifs is 8. The Hall–Kier alpha value is -11.2. The molecule has 0 amide bonds. The van der Waals surface area contributed by atoms with E-state index in [1.165, 1.54) is 55.3 Å². The number of hydrogen-bond donors (Lipinski definition) is 0. The van der Waals surface area contributed by atoms with Gasteiger partial charge in [-0.05, 0) is 197 Å². The maximum atomic E-state index is 2.63. The Morgan fingerprint density at radius 3 is 0.852 bits per heavy atom. The molecule has 6 nitrogen and oxygen atoms in total. The van der Waals surface area contributed by atoms with Crippen LogP contribution in [0.15, 0.2) is 315 Å². The molecule has 13 aromatic carbocycles. The molecule has 4 aliphatic heterocycles. The molecule has 414 valence electrons. The largest absolute Gasteiger partial charge is 0.311 e. The highest BCUT2D eigenvalue weighted by atomic mass is 15.2. The molecule has 0 aliphatic carbocycles. The molecule has 0 atom stereocenters. The van der Waals surface area contributed by atoms with E-state index in [-0.39, 0.29) is 13.4 Å². The maximum absolute atomic E-state index is 2.63. The average molecular weight is 1130 g/mol. The van der Waals surface area contributed by atoms with E-state index in [1.807, 2.05) is 0 Å². The minimum atomic E-state index is -0.153. The fourth-order valence-electron chi connectivity index (χ4n) is 14.6. The Morgan fingerprint density at radius 1 is 0.216 bits per heavy atom. The molecule has 0 radical (unpaired) electrons. The van der Waals surface area contributed by atoms with E-state index < -0.39 is 0 Å². The highest BCUT2D eigenvalue weighted by Gasteiger charge is 2.49. The number of anilines is 18. The van der Waals surface area contributed by atoms with Crippen LogP contribution < -0.4 is 62.2 Å². The molecule has 0 unspecified atom stereocenters. The zero-order valence-electron chi connectivity index (χ0n) is 48.9. The summed E-state index contributed by atoms with van der Waals surface area (Å²) in [4.78, 5) is 15.1. The summed E-state index contributed by atoms with van der Waals surface area (Å²) in [5, 5.41) is 0. The van der Waals surface area contributed by atoms with Crippen molar-refractivity contribution in [2.45, 2.75) is 13.8 Å². The van der Waals surface area contributed by atoms with E-state index in [0.29, 0.717) is 0 Å². The fourth-order valence-corrected chi connectivity index (χ4v) is 14.6. The van der Waals surface area contributed by atoms with Crippen molar-refractivity contribution in [1.82, 2.24) is 0 Å². The van der Waals surface area contributed by atoms with Crippen LogP contribution in [0.1, 0.15) is 11.1 Å². The molecule has 0 N–H and O–H groups in total. The summed E-state index contributed by atoms with van der Waals surface area (Å²) in [5.74, 6) is 0. The molecule has 8 heteroatoms. The molecule has 0 saturated carbocycles. The molecule has 0 bridgehead atoms. The third kappa shape index (κ3) is 8.20. The molecule has 0 fully saturated rings. The molecular formula is C80H58B2N6. The van der Waals surface area contributed by atoms with Gasteiger partial charge in [-0.25, -0.2) is 0 Å². The predicted molar refractivity (Wildman–Crippen MR) is 373 cm³/mol. The van der Waals surface area contributed by atoms with Crippen LogP contribution in [0.25, 0.3) is 0 Å². The number of nitrogens with zero attached hydrogens (tertiary/aromatic N) is 6. The second-order valence-electron chi connectivity index (χ2n) is 23.5. The van der Waals surface area contributed by atoms with Gasteiger partial charge >= 0.3 is 0 Å². The fraction of sp³-hybridized carbons (Fsp3) is 0.0250. The van der Waals surface area contributed by atoms with Crippen molar-refractivity contribution in [3.63, 3.8) is 0 Å². The third-order valence-corrected chi connectivity index (χ3v) is 18.2. The van der Waals surface area contributed by atoms with Crippen molar-refractivity contribution in [3.05, 3.63) is 327 Å². The Balaban J connectivity index is 0.997. The zero-order chi connectivity index (χ0) is 58.4. The minimum absolute atomic E-state index is 0.153. The van der Waals surface area contributed by atoms with Gasteiger partial charge in [-0.15, -0.1) is 0 Å². The van der Waals surface area contributed by atoms with Crippen LogP contribution in [0.2, 0.25) is 0 Å². The van der Waals surface area contributed by atoms with Gasteiger partial charge in [0.25, 0.3) is 13.4 Å². The summed E-state index contributed by atoms with van der Waals surface area (Å²) in [5.41, 5.74) is 30.0. The normalized spacial score (nSPS) is 13.0. The van der Waals surface area contributed by atoms with E-state index in [9.17, 15) is 0 Å². The first-order valence-electron chi connectivity index (χ1n) is 30.5. The maximum Gasteiger partial charge on any atom is 0.252 e. The molecule has 17 rings (SSSR count). The van der Waals surface area contributed by atoms with E-state index in [2.05, 4.69) is 359 Å². The zero-order valence-corrected chi connectivity index (χ0v) is 48.9. The van der Waals surface area contributed by atoms with E-state index in [1.54, 1.807) is 0 Å². The van der Waals surface area contributed by atoms with E-state index >= 15 is 0 Å². The van der Waals surface area contributed by atoms with Crippen LogP contribution in [0.5, 0.6) is 0 Å². The summed E-state index contributed by atoms with van der Waals surface area (Å²) in [6.07, 6.45) is 0. The third-order valence-electron chi connectivity index (χ3n) is 18.2. The van der Waals surface area contributed by atoms with Crippen molar-refractivity contribution in [1.29, 1.82) is 0 Å². The van der Waals surface area contributed by atoms with Gasteiger partial charge in [-0.1, -0.05) is 176 Å². The smallest absolute Gasteiger partial charge is 0.252 e. The van der Waals surface area contributed by atoms with Crippen LogP contribution >= 0.6 is 0 Å². The minimum Gasteiger partial charge on any atom is -0.311 e. The number of hydrogen-bond acceptors (Lipinski definition) is 6. The quantitative estimate of drug-likeness (QED) is 0.126. The van der Waals surface area contributed by atoms with Gasteiger partial charge in [0.1, 0.15) is 0 Å². The standard InChI is InChI=1S/C80H58B2N6/c1-55-27-25-41-63(47-55)87-71-45-23-21-43-67(71)81-69-53-70-74(54-73(69)85(61-37-17-7-18-38-61)75-49-65(51-77(87)79(75)81)83(57-29-9-3-10-30-57)58-31-11-4-12-32-58)86(62-39-19-8-20-40-62)76-50-66(84(59-33-13-5-14-34-59)60-35-15-6-16-36-60)52-78-80(76)82(70)68-44-22-24-46-72(68)88(78)64-42-26-28-56(2)48-64/h3-54H,1-2H3. The lowest BCUT2D eigenvalue weighted by molar-refractivity contribution is 1.21. The predicted octanol–water partition coefficient (Wildman–Crippen LogP) is 17.4. The first kappa shape index (κ1) is 51.2. The van der Waals surface area contributed by atoms with Crippen LogP contribution in [0.4, 0.5) is 102 Å². The summed E-state index contributed by atoms with van der Waals surface area (Å²) in [7, 11) is 0. The van der Waals surface area contributed by atoms with Gasteiger partial charge in [0, 0.05) is 91.0 Å². The first-order valence-corrected chi connectivity index (χ1v) is 30.5. The molecule has 4 heterocycles. The van der Waals surface area contributed by atoms with Crippen molar-refractivity contribution in [3.8, 4) is 0 Å². The molecule has 0 aromatic heterocycles. The second kappa shape index (κ2) is 20.8. The summed E-state index contributed by atoms with van der Waals surface area (Å²) >= 11 is 0. The van der Waals surface area contributed by atoms with Crippen LogP contribution in [0.3, 0.4) is 0 Å². The van der Waals surface area contributed by atoms with Crippen molar-refractivity contribution in [2.24, 2.45) is 0 Å². The van der Waals surface area contributed by atoms with Crippen LogP contribution in [-0.2, 0) is 0 Å². The Morgan fingerprint density at radius 2 is 0.511 bits per heavy atom. The summed E-state index contributed by atoms with van der Waals surface area (Å²) < 4.78 is 0. The lowest BCUT2D eigenvalue weighted by atomic mass is 9.30. The van der Waals surface area contributed by atoms with Gasteiger partial charge < -0.3 is 29.4 Å². The topological polar surface area (TPSA) is 19.4 Å². The number of aryl methyl sites for hydroxylation is 2. The summed E-state index contributed by atoms with van der Waals surface area (Å²) in [6, 6.07) is 117. The van der Waals surface area contributed by atoms with Gasteiger partial charge in [-0.3, -0.25) is 0 Å². The van der Waals surface area contributed by atoms with Crippen LogP contribution in [-0.4, -0.2) is 13.4 Å². The molecule has 88 heavy (non-hydrogen) atoms. The van der Waals surface area contributed by atoms with Gasteiger partial charge in [-0.2, -0.15) is 0 Å². The SMILES string of the molecule is Cc1cccc(N2c3ccccc3B3c4cc5c(cc4N(c4ccccc4)c4cc(N(c6ccccc6)c6ccccc6)cc2c43)N(c2ccccc2)c2cc(N(c3ccccc3)c3ccccc3)cc3c2B5c2ccccc2N3c2cccc(C)c2)c1. The average Bonchev–Trinajstić information content (AvgIpc) is 0.755. The Labute approximate surface area is 515 Å². The monoisotopic (exact) mass is 1120 g/mol. The first-order chi connectivity index (χ1) is 43.5. The highest BCUT2D eigenvalue weighted by Crippen LogP contribution is 2.52.